The van der Waals surface area contributed by atoms with Crippen LogP contribution in [0.4, 0.5) is 0 Å². The second kappa shape index (κ2) is 8.48. The number of benzene rings is 1. The lowest BCUT2D eigenvalue weighted by Gasteiger charge is -2.26. The van der Waals surface area contributed by atoms with Gasteiger partial charge in [0.05, 0.1) is 11.6 Å². The van der Waals surface area contributed by atoms with Crippen LogP contribution in [0.1, 0.15) is 36.5 Å². The predicted molar refractivity (Wildman–Crippen MR) is 103 cm³/mol. The smallest absolute Gasteiger partial charge is 0.219 e. The summed E-state index contributed by atoms with van der Waals surface area (Å²) < 4.78 is 0. The lowest BCUT2D eigenvalue weighted by molar-refractivity contribution is -0.128. The molecule has 2 aliphatic rings. The third kappa shape index (κ3) is 4.51. The summed E-state index contributed by atoms with van der Waals surface area (Å²) >= 11 is 0. The second-order valence-electron chi connectivity index (χ2n) is 7.37. The minimum Gasteiger partial charge on any atom is -0.339 e. The van der Waals surface area contributed by atoms with Gasteiger partial charge in [-0.2, -0.15) is 5.26 Å². The summed E-state index contributed by atoms with van der Waals surface area (Å²) in [5.74, 6) is 0.110. The third-order valence-electron chi connectivity index (χ3n) is 5.42. The molecule has 26 heavy (non-hydrogen) atoms. The minimum atomic E-state index is 0.110. The van der Waals surface area contributed by atoms with E-state index < -0.39 is 0 Å². The van der Waals surface area contributed by atoms with Crippen molar-refractivity contribution in [2.45, 2.75) is 26.3 Å². The van der Waals surface area contributed by atoms with Crippen LogP contribution < -0.4 is 0 Å². The molecule has 0 spiro atoms. The monoisotopic (exact) mass is 352 g/mol. The Hall–Kier alpha value is -2.16. The maximum Gasteiger partial charge on any atom is 0.219 e. The van der Waals surface area contributed by atoms with Crippen molar-refractivity contribution < 1.29 is 4.79 Å². The highest BCUT2D eigenvalue weighted by Gasteiger charge is 2.18. The molecule has 0 unspecified atom stereocenters. The van der Waals surface area contributed by atoms with Crippen LogP contribution >= 0.6 is 0 Å². The van der Waals surface area contributed by atoms with Gasteiger partial charge in [-0.25, -0.2) is 0 Å². The van der Waals surface area contributed by atoms with Crippen molar-refractivity contribution in [1.82, 2.24) is 14.7 Å². The number of likely N-dealkylation sites (N-methyl/N-ethyl adjacent to an activating group) is 1. The molecule has 5 nitrogen and oxygen atoms in total. The van der Waals surface area contributed by atoms with E-state index in [4.69, 9.17) is 0 Å². The van der Waals surface area contributed by atoms with Crippen LogP contribution in [0.5, 0.6) is 0 Å². The summed E-state index contributed by atoms with van der Waals surface area (Å²) in [6, 6.07) is 8.67. The average Bonchev–Trinajstić information content (AvgIpc) is 2.86. The van der Waals surface area contributed by atoms with E-state index in [2.05, 4.69) is 41.1 Å². The number of rotatable bonds is 3. The van der Waals surface area contributed by atoms with E-state index in [1.54, 1.807) is 6.92 Å². The second-order valence-corrected chi connectivity index (χ2v) is 7.37. The van der Waals surface area contributed by atoms with Gasteiger partial charge >= 0.3 is 0 Å². The molecule has 1 fully saturated rings. The van der Waals surface area contributed by atoms with Crippen molar-refractivity contribution in [2.24, 2.45) is 0 Å². The molecule has 0 aromatic heterocycles. The van der Waals surface area contributed by atoms with Gasteiger partial charge in [0.15, 0.2) is 0 Å². The van der Waals surface area contributed by atoms with Crippen molar-refractivity contribution in [3.05, 3.63) is 41.0 Å². The topological polar surface area (TPSA) is 50.6 Å². The molecule has 1 aromatic carbocycles. The number of nitrogens with zero attached hydrogens (tertiary/aromatic N) is 4. The molecule has 1 saturated heterocycles. The maximum absolute atomic E-state index is 11.5. The molecule has 5 heteroatoms. The molecule has 0 saturated carbocycles. The van der Waals surface area contributed by atoms with Gasteiger partial charge in [-0.1, -0.05) is 18.2 Å². The minimum absolute atomic E-state index is 0.110. The van der Waals surface area contributed by atoms with Crippen molar-refractivity contribution in [3.63, 3.8) is 0 Å². The average molecular weight is 352 g/mol. The normalized spacial score (nSPS) is 19.6. The summed E-state index contributed by atoms with van der Waals surface area (Å²) in [6.45, 7) is 8.32. The van der Waals surface area contributed by atoms with E-state index >= 15 is 0 Å². The summed E-state index contributed by atoms with van der Waals surface area (Å²) in [4.78, 5) is 18.2. The van der Waals surface area contributed by atoms with Gasteiger partial charge in [0, 0.05) is 39.6 Å². The molecule has 0 bridgehead atoms. The zero-order valence-corrected chi connectivity index (χ0v) is 15.9. The fraction of sp³-hybridized carbons (Fsp3) is 0.524. The lowest BCUT2D eigenvalue weighted by Crippen LogP contribution is -2.32. The van der Waals surface area contributed by atoms with Crippen LogP contribution in [0.15, 0.2) is 24.3 Å². The zero-order valence-electron chi connectivity index (χ0n) is 15.9. The number of nitriles is 1. The summed E-state index contributed by atoms with van der Waals surface area (Å²) in [6.07, 6.45) is 4.09. The highest BCUT2D eigenvalue weighted by Crippen LogP contribution is 2.26. The van der Waals surface area contributed by atoms with Crippen LogP contribution in [0.25, 0.3) is 5.57 Å². The van der Waals surface area contributed by atoms with Crippen molar-refractivity contribution in [1.29, 1.82) is 5.26 Å². The first-order valence-corrected chi connectivity index (χ1v) is 9.45. The van der Waals surface area contributed by atoms with Gasteiger partial charge in [-0.05, 0) is 55.7 Å². The summed E-state index contributed by atoms with van der Waals surface area (Å²) in [7, 11) is 2.18. The zero-order chi connectivity index (χ0) is 18.5. The highest BCUT2D eigenvalue weighted by molar-refractivity contribution is 5.77. The number of hydrogen-bond acceptors (Lipinski definition) is 4. The molecule has 2 aliphatic heterocycles. The molecule has 138 valence electrons. The molecule has 1 amide bonds. The van der Waals surface area contributed by atoms with E-state index in [9.17, 15) is 10.1 Å². The SMILES string of the molecule is CC(=O)N1CC=C(c2ccc(CN3CCCN(C)CC3)cc2C#N)CC1. The van der Waals surface area contributed by atoms with Crippen LogP contribution in [-0.2, 0) is 11.3 Å². The molecular formula is C21H28N4O. The van der Waals surface area contributed by atoms with Gasteiger partial charge in [0.25, 0.3) is 0 Å². The number of carbonyl (C=O) groups is 1. The maximum atomic E-state index is 11.5. The van der Waals surface area contributed by atoms with E-state index in [1.165, 1.54) is 17.6 Å². The van der Waals surface area contributed by atoms with Gasteiger partial charge in [0.1, 0.15) is 0 Å². The summed E-state index contributed by atoms with van der Waals surface area (Å²) in [5.41, 5.74) is 4.16. The van der Waals surface area contributed by atoms with E-state index in [1.807, 2.05) is 11.0 Å². The molecule has 0 aliphatic carbocycles. The Balaban J connectivity index is 1.72. The standard InChI is InChI=1S/C21H28N4O/c1-17(26)25-10-6-19(7-11-25)21-5-4-18(14-20(21)15-22)16-24-9-3-8-23(2)12-13-24/h4-6,14H,3,7-13,16H2,1-2H3. The fourth-order valence-electron chi connectivity index (χ4n) is 3.78. The molecule has 0 atom stereocenters. The third-order valence-corrected chi connectivity index (χ3v) is 5.42. The molecule has 3 rings (SSSR count). The van der Waals surface area contributed by atoms with Crippen molar-refractivity contribution in [3.8, 4) is 6.07 Å². The van der Waals surface area contributed by atoms with E-state index in [-0.39, 0.29) is 5.91 Å². The Kier molecular flexibility index (Phi) is 6.08. The fourth-order valence-corrected chi connectivity index (χ4v) is 3.78. The first-order chi connectivity index (χ1) is 12.6. The number of hydrogen-bond donors (Lipinski definition) is 0. The Morgan fingerprint density at radius 3 is 2.73 bits per heavy atom. The van der Waals surface area contributed by atoms with Crippen LogP contribution in [0, 0.1) is 11.3 Å². The Morgan fingerprint density at radius 1 is 1.19 bits per heavy atom. The highest BCUT2D eigenvalue weighted by atomic mass is 16.2. The van der Waals surface area contributed by atoms with Gasteiger partial charge in [-0.3, -0.25) is 9.69 Å². The Labute approximate surface area is 156 Å². The molecule has 1 aromatic rings. The molecule has 2 heterocycles. The predicted octanol–water partition coefficient (Wildman–Crippen LogP) is 2.33. The first kappa shape index (κ1) is 18.6. The lowest BCUT2D eigenvalue weighted by atomic mass is 9.94. The molecule has 0 radical (unpaired) electrons. The van der Waals surface area contributed by atoms with Crippen molar-refractivity contribution >= 4 is 11.5 Å². The molecular weight excluding hydrogens is 324 g/mol. The van der Waals surface area contributed by atoms with Crippen LogP contribution in [0.3, 0.4) is 0 Å². The number of carbonyl (C=O) groups excluding carboxylic acids is 1. The van der Waals surface area contributed by atoms with Gasteiger partial charge < -0.3 is 9.80 Å². The van der Waals surface area contributed by atoms with Gasteiger partial charge in [0.2, 0.25) is 5.91 Å². The molecule has 0 N–H and O–H groups in total. The number of amides is 1. The first-order valence-electron chi connectivity index (χ1n) is 9.45. The quantitative estimate of drug-likeness (QED) is 0.838. The van der Waals surface area contributed by atoms with Crippen LogP contribution in [-0.4, -0.2) is 66.9 Å². The largest absolute Gasteiger partial charge is 0.339 e. The van der Waals surface area contributed by atoms with Gasteiger partial charge in [-0.15, -0.1) is 0 Å². The Bertz CT molecular complexity index is 734. The Morgan fingerprint density at radius 2 is 2.04 bits per heavy atom. The van der Waals surface area contributed by atoms with E-state index in [0.717, 1.165) is 56.8 Å². The van der Waals surface area contributed by atoms with Crippen molar-refractivity contribution in [2.75, 3.05) is 46.3 Å². The van der Waals surface area contributed by atoms with Crippen LogP contribution in [0.2, 0.25) is 0 Å². The van der Waals surface area contributed by atoms with E-state index in [0.29, 0.717) is 6.54 Å². The summed E-state index contributed by atoms with van der Waals surface area (Å²) in [5, 5.41) is 9.64.